The Bertz CT molecular complexity index is 847. The number of furan rings is 1. The second-order valence-corrected chi connectivity index (χ2v) is 8.45. The van der Waals surface area contributed by atoms with Gasteiger partial charge in [-0.25, -0.2) is 4.79 Å². The second-order valence-electron chi connectivity index (χ2n) is 7.50. The van der Waals surface area contributed by atoms with E-state index in [1.54, 1.807) is 6.26 Å². The molecule has 1 unspecified atom stereocenters. The summed E-state index contributed by atoms with van der Waals surface area (Å²) >= 11 is 1.47. The number of piperidine rings is 1. The summed E-state index contributed by atoms with van der Waals surface area (Å²) < 4.78 is 43.3. The summed E-state index contributed by atoms with van der Waals surface area (Å²) in [6.07, 6.45) is -0.418. The largest absolute Gasteiger partial charge is 0.490 e. The fraction of sp³-hybridized carbons (Fsp3) is 0.500. The summed E-state index contributed by atoms with van der Waals surface area (Å²) in [6, 6.07) is 7.84. The van der Waals surface area contributed by atoms with E-state index in [0.29, 0.717) is 6.61 Å². The minimum atomic E-state index is -5.08. The minimum absolute atomic E-state index is 0.0194. The third kappa shape index (κ3) is 6.55. The lowest BCUT2D eigenvalue weighted by Crippen LogP contribution is -2.44. The lowest BCUT2D eigenvalue weighted by atomic mass is 9.87. The molecule has 4 heterocycles. The van der Waals surface area contributed by atoms with Crippen LogP contribution in [0.1, 0.15) is 34.7 Å². The Morgan fingerprint density at radius 1 is 1.26 bits per heavy atom. The molecule has 0 radical (unpaired) electrons. The number of amides is 1. The average Bonchev–Trinajstić information content (AvgIpc) is 3.47. The van der Waals surface area contributed by atoms with Gasteiger partial charge in [0.15, 0.2) is 0 Å². The maximum Gasteiger partial charge on any atom is 0.490 e. The molecule has 11 heteroatoms. The van der Waals surface area contributed by atoms with Gasteiger partial charge in [-0.3, -0.25) is 9.69 Å². The first-order valence-electron chi connectivity index (χ1n) is 9.70. The number of halogens is 3. The monoisotopic (exact) mass is 460 g/mol. The summed E-state index contributed by atoms with van der Waals surface area (Å²) in [4.78, 5) is 24.3. The molecule has 2 aromatic rings. The molecule has 2 aliphatic rings. The predicted molar refractivity (Wildman–Crippen MR) is 106 cm³/mol. The third-order valence-corrected chi connectivity index (χ3v) is 6.13. The van der Waals surface area contributed by atoms with E-state index in [2.05, 4.69) is 10.2 Å². The van der Waals surface area contributed by atoms with Gasteiger partial charge in [0.05, 0.1) is 35.9 Å². The molecule has 4 rings (SSSR count). The molecule has 1 atom stereocenters. The number of carboxylic acid groups (broad SMARTS) is 1. The van der Waals surface area contributed by atoms with Gasteiger partial charge in [0.2, 0.25) is 0 Å². The zero-order valence-electron chi connectivity index (χ0n) is 16.6. The molecule has 1 amide bonds. The topological polar surface area (TPSA) is 92.0 Å². The first-order valence-corrected chi connectivity index (χ1v) is 10.6. The van der Waals surface area contributed by atoms with Crippen molar-refractivity contribution in [1.29, 1.82) is 0 Å². The number of carbonyl (C=O) groups is 2. The highest BCUT2D eigenvalue weighted by Gasteiger charge is 2.43. The van der Waals surface area contributed by atoms with Crippen LogP contribution in [0.2, 0.25) is 0 Å². The van der Waals surface area contributed by atoms with Gasteiger partial charge in [-0.15, -0.1) is 11.3 Å². The highest BCUT2D eigenvalue weighted by Crippen LogP contribution is 2.36. The second kappa shape index (κ2) is 9.84. The van der Waals surface area contributed by atoms with Crippen molar-refractivity contribution in [2.75, 3.05) is 19.7 Å². The predicted octanol–water partition coefficient (Wildman–Crippen LogP) is 3.53. The van der Waals surface area contributed by atoms with E-state index in [1.807, 2.05) is 29.6 Å². The number of rotatable bonds is 4. The van der Waals surface area contributed by atoms with Crippen molar-refractivity contribution in [2.45, 2.75) is 43.6 Å². The minimum Gasteiger partial charge on any atom is -0.475 e. The van der Waals surface area contributed by atoms with Crippen LogP contribution in [0.3, 0.4) is 0 Å². The first kappa shape index (κ1) is 23.3. The van der Waals surface area contributed by atoms with Crippen LogP contribution in [-0.2, 0) is 16.1 Å². The van der Waals surface area contributed by atoms with E-state index < -0.39 is 12.1 Å². The van der Waals surface area contributed by atoms with E-state index in [9.17, 15) is 18.0 Å². The number of ether oxygens (including phenoxy) is 1. The molecule has 0 aliphatic carbocycles. The van der Waals surface area contributed by atoms with Crippen LogP contribution in [0.25, 0.3) is 0 Å². The SMILES string of the molecule is O=C(NC1COC2(CCN(Cc3ccco3)CC2)C1)c1cccs1.O=C(O)C(F)(F)F. The van der Waals surface area contributed by atoms with Crippen molar-refractivity contribution in [3.05, 3.63) is 46.5 Å². The Kier molecular flexibility index (Phi) is 7.39. The summed E-state index contributed by atoms with van der Waals surface area (Å²) in [6.45, 7) is 3.50. The number of nitrogens with zero attached hydrogens (tertiary/aromatic N) is 1. The molecule has 2 aromatic heterocycles. The molecular formula is C20H23F3N2O5S. The summed E-state index contributed by atoms with van der Waals surface area (Å²) in [5, 5.41) is 12.2. The Labute approximate surface area is 180 Å². The number of carbonyl (C=O) groups excluding carboxylic acids is 1. The quantitative estimate of drug-likeness (QED) is 0.726. The molecule has 2 fully saturated rings. The van der Waals surface area contributed by atoms with Crippen LogP contribution in [0.15, 0.2) is 40.3 Å². The number of carboxylic acids is 1. The number of likely N-dealkylation sites (tertiary alicyclic amines) is 1. The first-order chi connectivity index (χ1) is 14.7. The van der Waals surface area contributed by atoms with Gasteiger partial charge >= 0.3 is 12.1 Å². The fourth-order valence-electron chi connectivity index (χ4n) is 3.69. The lowest BCUT2D eigenvalue weighted by molar-refractivity contribution is -0.192. The van der Waals surface area contributed by atoms with Crippen molar-refractivity contribution >= 4 is 23.2 Å². The Balaban J connectivity index is 0.000000339. The van der Waals surface area contributed by atoms with Gasteiger partial charge in [-0.2, -0.15) is 13.2 Å². The van der Waals surface area contributed by atoms with Gasteiger partial charge in [0, 0.05) is 13.1 Å². The number of thiophene rings is 1. The van der Waals surface area contributed by atoms with Gasteiger partial charge in [0.25, 0.3) is 5.91 Å². The number of aliphatic carboxylic acids is 1. The molecule has 7 nitrogen and oxygen atoms in total. The number of hydrogen-bond acceptors (Lipinski definition) is 6. The van der Waals surface area contributed by atoms with E-state index in [1.165, 1.54) is 11.3 Å². The molecule has 0 saturated carbocycles. The Morgan fingerprint density at radius 3 is 2.52 bits per heavy atom. The normalized spacial score (nSPS) is 20.8. The van der Waals surface area contributed by atoms with Crippen molar-refractivity contribution in [1.82, 2.24) is 10.2 Å². The van der Waals surface area contributed by atoms with Gasteiger partial charge in [0.1, 0.15) is 5.76 Å². The molecule has 2 saturated heterocycles. The van der Waals surface area contributed by atoms with Crippen LogP contribution in [0.4, 0.5) is 13.2 Å². The maximum absolute atomic E-state index is 12.2. The van der Waals surface area contributed by atoms with Crippen LogP contribution in [-0.4, -0.2) is 59.4 Å². The number of alkyl halides is 3. The number of nitrogens with one attached hydrogen (secondary N) is 1. The molecule has 31 heavy (non-hydrogen) atoms. The molecule has 2 N–H and O–H groups in total. The van der Waals surface area contributed by atoms with Crippen LogP contribution >= 0.6 is 11.3 Å². The smallest absolute Gasteiger partial charge is 0.475 e. The van der Waals surface area contributed by atoms with Gasteiger partial charge < -0.3 is 19.6 Å². The van der Waals surface area contributed by atoms with Crippen molar-refractivity contribution in [2.24, 2.45) is 0 Å². The van der Waals surface area contributed by atoms with Crippen molar-refractivity contribution in [3.63, 3.8) is 0 Å². The summed E-state index contributed by atoms with van der Waals surface area (Å²) in [7, 11) is 0. The third-order valence-electron chi connectivity index (χ3n) is 5.26. The highest BCUT2D eigenvalue weighted by atomic mass is 32.1. The van der Waals surface area contributed by atoms with Crippen molar-refractivity contribution < 1.29 is 37.0 Å². The molecule has 0 aromatic carbocycles. The zero-order valence-corrected chi connectivity index (χ0v) is 17.4. The fourth-order valence-corrected chi connectivity index (χ4v) is 4.32. The Hall–Kier alpha value is -2.37. The van der Waals surface area contributed by atoms with Crippen molar-refractivity contribution in [3.8, 4) is 0 Å². The molecule has 0 bridgehead atoms. The summed E-state index contributed by atoms with van der Waals surface area (Å²) in [5.41, 5.74) is -0.0624. The average molecular weight is 460 g/mol. The van der Waals surface area contributed by atoms with Gasteiger partial charge in [-0.1, -0.05) is 6.07 Å². The molecular weight excluding hydrogens is 437 g/mol. The van der Waals surface area contributed by atoms with Crippen LogP contribution in [0, 0.1) is 0 Å². The summed E-state index contributed by atoms with van der Waals surface area (Å²) in [5.74, 6) is -1.72. The van der Waals surface area contributed by atoms with Gasteiger partial charge in [-0.05, 0) is 42.8 Å². The molecule has 2 aliphatic heterocycles. The maximum atomic E-state index is 12.2. The molecule has 170 valence electrons. The lowest BCUT2D eigenvalue weighted by Gasteiger charge is -2.38. The van der Waals surface area contributed by atoms with E-state index in [0.717, 1.165) is 49.5 Å². The van der Waals surface area contributed by atoms with E-state index in [4.69, 9.17) is 19.1 Å². The standard InChI is InChI=1S/C18H22N2O3S.C2HF3O2/c21-17(16-4-2-10-24-16)19-14-11-18(23-13-14)5-7-20(8-6-18)12-15-3-1-9-22-15;3-2(4,5)1(6)7/h1-4,9-10,14H,5-8,11-13H2,(H,19,21);(H,6,7). The zero-order chi connectivity index (χ0) is 22.5. The van der Waals surface area contributed by atoms with E-state index >= 15 is 0 Å². The highest BCUT2D eigenvalue weighted by molar-refractivity contribution is 7.12. The Morgan fingerprint density at radius 2 is 1.97 bits per heavy atom. The molecule has 1 spiro atoms. The van der Waals surface area contributed by atoms with Crippen LogP contribution in [0.5, 0.6) is 0 Å². The van der Waals surface area contributed by atoms with E-state index in [-0.39, 0.29) is 17.6 Å². The van der Waals surface area contributed by atoms with Crippen LogP contribution < -0.4 is 5.32 Å². The number of hydrogen-bond donors (Lipinski definition) is 2.